The first-order valence-corrected chi connectivity index (χ1v) is 8.23. The van der Waals surface area contributed by atoms with Crippen molar-refractivity contribution >= 4 is 29.4 Å². The van der Waals surface area contributed by atoms with Gasteiger partial charge in [0.25, 0.3) is 0 Å². The summed E-state index contributed by atoms with van der Waals surface area (Å²) in [5.74, 6) is -0.999. The van der Waals surface area contributed by atoms with Crippen LogP contribution in [0.3, 0.4) is 0 Å². The highest BCUT2D eigenvalue weighted by Gasteiger charge is 2.32. The summed E-state index contributed by atoms with van der Waals surface area (Å²) < 4.78 is 4.92. The van der Waals surface area contributed by atoms with E-state index in [0.717, 1.165) is 5.56 Å². The van der Waals surface area contributed by atoms with Crippen molar-refractivity contribution in [2.45, 2.75) is 25.5 Å². The van der Waals surface area contributed by atoms with Crippen LogP contribution < -0.4 is 5.32 Å². The Morgan fingerprint density at radius 3 is 2.54 bits per heavy atom. The lowest BCUT2D eigenvalue weighted by atomic mass is 10.1. The highest BCUT2D eigenvalue weighted by atomic mass is 32.2. The van der Waals surface area contributed by atoms with Gasteiger partial charge in [0.1, 0.15) is 11.6 Å². The van der Waals surface area contributed by atoms with Crippen molar-refractivity contribution in [1.82, 2.24) is 5.32 Å². The van der Waals surface area contributed by atoms with Gasteiger partial charge in [0.2, 0.25) is 5.91 Å². The second-order valence-corrected chi connectivity index (χ2v) is 6.30. The fourth-order valence-electron chi connectivity index (χ4n) is 2.17. The number of amides is 1. The van der Waals surface area contributed by atoms with Gasteiger partial charge in [-0.25, -0.2) is 4.79 Å². The van der Waals surface area contributed by atoms with Crippen molar-refractivity contribution in [1.29, 1.82) is 5.26 Å². The topological polar surface area (TPSA) is 96.3 Å². The summed E-state index contributed by atoms with van der Waals surface area (Å²) in [6.45, 7) is 3.34. The number of nitrogens with zero attached hydrogens (tertiary/aromatic N) is 1. The maximum Gasteiger partial charge on any atom is 0.338 e. The van der Waals surface area contributed by atoms with E-state index in [1.165, 1.54) is 18.7 Å². The maximum absolute atomic E-state index is 12.0. The molecule has 6 nitrogen and oxygen atoms in total. The van der Waals surface area contributed by atoms with Gasteiger partial charge in [-0.1, -0.05) is 23.9 Å². The molecule has 0 spiro atoms. The van der Waals surface area contributed by atoms with Crippen molar-refractivity contribution in [2.24, 2.45) is 0 Å². The number of rotatable bonds is 5. The number of nitriles is 1. The average Bonchev–Trinajstić information content (AvgIpc) is 2.89. The third-order valence-electron chi connectivity index (χ3n) is 3.37. The van der Waals surface area contributed by atoms with Gasteiger partial charge in [-0.3, -0.25) is 9.59 Å². The van der Waals surface area contributed by atoms with Gasteiger partial charge in [0.05, 0.1) is 22.4 Å². The van der Waals surface area contributed by atoms with Crippen LogP contribution >= 0.6 is 11.8 Å². The van der Waals surface area contributed by atoms with Gasteiger partial charge in [-0.05, 0) is 38.0 Å². The Kier molecular flexibility index (Phi) is 5.77. The van der Waals surface area contributed by atoms with Crippen LogP contribution in [0.2, 0.25) is 0 Å². The monoisotopic (exact) mass is 344 g/mol. The molecule has 1 amide bonds. The van der Waals surface area contributed by atoms with Crippen LogP contribution in [0.4, 0.5) is 0 Å². The number of ether oxygens (including phenoxy) is 1. The molecule has 1 aliphatic heterocycles. The summed E-state index contributed by atoms with van der Waals surface area (Å²) in [6.07, 6.45) is 0.430. The SMILES string of the molecule is CCOC(=O)c1ccc(C[C@H]2S/C(=C(\C#N)C(C)=O)NC2=O)cc1. The van der Waals surface area contributed by atoms with Crippen molar-refractivity contribution in [3.8, 4) is 6.07 Å². The van der Waals surface area contributed by atoms with Crippen molar-refractivity contribution in [3.05, 3.63) is 46.0 Å². The number of nitrogens with one attached hydrogen (secondary N) is 1. The van der Waals surface area contributed by atoms with Crippen LogP contribution in [0, 0.1) is 11.3 Å². The van der Waals surface area contributed by atoms with E-state index in [9.17, 15) is 14.4 Å². The zero-order valence-corrected chi connectivity index (χ0v) is 14.1. The summed E-state index contributed by atoms with van der Waals surface area (Å²) in [5.41, 5.74) is 1.29. The number of hydrogen-bond acceptors (Lipinski definition) is 6. The molecular formula is C17H16N2O4S. The van der Waals surface area contributed by atoms with Crippen molar-refractivity contribution in [2.75, 3.05) is 6.61 Å². The predicted octanol–water partition coefficient (Wildman–Crippen LogP) is 1.96. The number of thioether (sulfide) groups is 1. The molecule has 1 aliphatic rings. The summed E-state index contributed by atoms with van der Waals surface area (Å²) in [7, 11) is 0. The van der Waals surface area contributed by atoms with E-state index in [2.05, 4.69) is 5.32 Å². The molecule has 124 valence electrons. The van der Waals surface area contributed by atoms with E-state index in [1.54, 1.807) is 31.2 Å². The Balaban J connectivity index is 2.09. The van der Waals surface area contributed by atoms with Gasteiger partial charge in [0.15, 0.2) is 5.78 Å². The molecule has 0 radical (unpaired) electrons. The van der Waals surface area contributed by atoms with Crippen LogP contribution in [0.5, 0.6) is 0 Å². The third kappa shape index (κ3) is 4.03. The molecule has 1 N–H and O–H groups in total. The van der Waals surface area contributed by atoms with Crippen LogP contribution in [-0.2, 0) is 20.7 Å². The van der Waals surface area contributed by atoms with Crippen LogP contribution in [0.25, 0.3) is 0 Å². The molecule has 1 heterocycles. The Labute approximate surface area is 143 Å². The number of ketones is 1. The zero-order chi connectivity index (χ0) is 17.7. The zero-order valence-electron chi connectivity index (χ0n) is 13.3. The number of Topliss-reactive ketones (excluding diaryl/α,β-unsaturated/α-hetero) is 1. The fourth-order valence-corrected chi connectivity index (χ4v) is 3.36. The maximum atomic E-state index is 12.0. The Bertz CT molecular complexity index is 747. The second-order valence-electron chi connectivity index (χ2n) is 5.09. The Hall–Kier alpha value is -2.59. The molecule has 1 atom stereocenters. The number of hydrogen-bond donors (Lipinski definition) is 1. The molecule has 1 fully saturated rings. The van der Waals surface area contributed by atoms with Crippen LogP contribution in [-0.4, -0.2) is 29.5 Å². The molecular weight excluding hydrogens is 328 g/mol. The minimum Gasteiger partial charge on any atom is -0.462 e. The summed E-state index contributed by atoms with van der Waals surface area (Å²) >= 11 is 1.18. The number of allylic oxidation sites excluding steroid dienone is 1. The van der Waals surface area contributed by atoms with Crippen molar-refractivity contribution in [3.63, 3.8) is 0 Å². The van der Waals surface area contributed by atoms with E-state index >= 15 is 0 Å². The van der Waals surface area contributed by atoms with Crippen LogP contribution in [0.1, 0.15) is 29.8 Å². The first kappa shape index (κ1) is 17.8. The summed E-state index contributed by atoms with van der Waals surface area (Å²) in [4.78, 5) is 35.0. The van der Waals surface area contributed by atoms with E-state index in [-0.39, 0.29) is 23.2 Å². The number of carbonyl (C=O) groups excluding carboxylic acids is 3. The molecule has 0 saturated carbocycles. The van der Waals surface area contributed by atoms with Gasteiger partial charge in [-0.15, -0.1) is 0 Å². The first-order valence-electron chi connectivity index (χ1n) is 7.35. The van der Waals surface area contributed by atoms with E-state index in [0.29, 0.717) is 23.6 Å². The summed E-state index contributed by atoms with van der Waals surface area (Å²) in [6, 6.07) is 8.65. The molecule has 1 aromatic rings. The lowest BCUT2D eigenvalue weighted by molar-refractivity contribution is -0.119. The number of benzene rings is 1. The average molecular weight is 344 g/mol. The highest BCUT2D eigenvalue weighted by Crippen LogP contribution is 2.31. The second kappa shape index (κ2) is 7.79. The first-order chi connectivity index (χ1) is 11.5. The van der Waals surface area contributed by atoms with Crippen molar-refractivity contribution < 1.29 is 19.1 Å². The van der Waals surface area contributed by atoms with E-state index < -0.39 is 5.25 Å². The normalized spacial score (nSPS) is 18.5. The predicted molar refractivity (Wildman–Crippen MR) is 88.9 cm³/mol. The standard InChI is InChI=1S/C17H16N2O4S/c1-3-23-17(22)12-6-4-11(5-7-12)8-14-15(21)19-16(24-14)13(9-18)10(2)20/h4-7,14H,3,8H2,1-2H3,(H,19,21)/b16-13+/t14-/m1/s1. The Morgan fingerprint density at radius 2 is 2.00 bits per heavy atom. The molecule has 0 unspecified atom stereocenters. The third-order valence-corrected chi connectivity index (χ3v) is 4.57. The molecule has 1 aromatic carbocycles. The molecule has 0 aliphatic carbocycles. The highest BCUT2D eigenvalue weighted by molar-refractivity contribution is 8.04. The number of esters is 1. The fraction of sp³-hybridized carbons (Fsp3) is 0.294. The van der Waals surface area contributed by atoms with E-state index in [4.69, 9.17) is 10.00 Å². The van der Waals surface area contributed by atoms with Gasteiger partial charge >= 0.3 is 5.97 Å². The minimum atomic E-state index is -0.420. The number of carbonyl (C=O) groups is 3. The molecule has 24 heavy (non-hydrogen) atoms. The molecule has 0 aromatic heterocycles. The van der Waals surface area contributed by atoms with Crippen LogP contribution in [0.15, 0.2) is 34.9 Å². The van der Waals surface area contributed by atoms with Gasteiger partial charge < -0.3 is 10.1 Å². The quantitative estimate of drug-likeness (QED) is 0.498. The van der Waals surface area contributed by atoms with Gasteiger partial charge in [-0.2, -0.15) is 5.26 Å². The van der Waals surface area contributed by atoms with E-state index in [1.807, 2.05) is 6.07 Å². The lowest BCUT2D eigenvalue weighted by Crippen LogP contribution is -2.24. The summed E-state index contributed by atoms with van der Waals surface area (Å²) in [5, 5.41) is 11.5. The smallest absolute Gasteiger partial charge is 0.338 e. The van der Waals surface area contributed by atoms with Gasteiger partial charge in [0, 0.05) is 0 Å². The lowest BCUT2D eigenvalue weighted by Gasteiger charge is -2.07. The Morgan fingerprint density at radius 1 is 1.33 bits per heavy atom. The minimum absolute atomic E-state index is 0.0338. The molecule has 1 saturated heterocycles. The molecule has 2 rings (SSSR count). The molecule has 0 bridgehead atoms. The molecule has 7 heteroatoms. The largest absolute Gasteiger partial charge is 0.462 e.